The minimum atomic E-state index is -2.37. The van der Waals surface area contributed by atoms with Crippen molar-refractivity contribution in [1.82, 2.24) is 5.32 Å². The van der Waals surface area contributed by atoms with Crippen molar-refractivity contribution in [3.63, 3.8) is 0 Å². The molecule has 11 N–H and O–H groups in total. The number of carbonyl (C=O) groups is 4. The Labute approximate surface area is 241 Å². The fourth-order valence-electron chi connectivity index (χ4n) is 1.24. The second-order valence-electron chi connectivity index (χ2n) is 5.56. The van der Waals surface area contributed by atoms with E-state index in [1.54, 1.807) is 14.2 Å². The van der Waals surface area contributed by atoms with E-state index in [1.807, 2.05) is 0 Å². The van der Waals surface area contributed by atoms with Crippen molar-refractivity contribution < 1.29 is 92.8 Å². The minimum absolute atomic E-state index is 0. The zero-order chi connectivity index (χ0) is 28.6. The number of hydrogen-bond donors (Lipinski definition) is 8. The summed E-state index contributed by atoms with van der Waals surface area (Å²) >= 11 is 0. The van der Waals surface area contributed by atoms with Crippen molar-refractivity contribution in [3.8, 4) is 0 Å². The molecule has 0 atom stereocenters. The summed E-state index contributed by atoms with van der Waals surface area (Å²) in [6.45, 7) is 9.68. The van der Waals surface area contributed by atoms with Crippen molar-refractivity contribution in [1.29, 1.82) is 0 Å². The summed E-state index contributed by atoms with van der Waals surface area (Å²) in [6, 6.07) is 0.817. The Kier molecular flexibility index (Phi) is 62.9. The number of nitrogens with one attached hydrogen (secondary N) is 1. The number of hydrogen-bond acceptors (Lipinski definition) is 11. The first-order chi connectivity index (χ1) is 15.6. The molecule has 0 aliphatic rings. The third-order valence-corrected chi connectivity index (χ3v) is 5.09. The van der Waals surface area contributed by atoms with E-state index in [2.05, 4.69) is 12.2 Å². The van der Waals surface area contributed by atoms with Gasteiger partial charge in [0.15, 0.2) is 0 Å². The molecule has 15 nitrogen and oxygen atoms in total. The predicted molar refractivity (Wildman–Crippen MR) is 129 cm³/mol. The quantitative estimate of drug-likeness (QED) is 0.0815. The van der Waals surface area contributed by atoms with Gasteiger partial charge in [0.05, 0.1) is 6.73 Å². The monoisotopic (exact) mass is 680 g/mol. The molecule has 0 fully saturated rings. The van der Waals surface area contributed by atoms with E-state index in [9.17, 15) is 0 Å². The van der Waals surface area contributed by atoms with Crippen LogP contribution >= 0.6 is 0 Å². The van der Waals surface area contributed by atoms with Crippen LogP contribution in [-0.2, 0) is 32.5 Å². The van der Waals surface area contributed by atoms with Gasteiger partial charge in [-0.1, -0.05) is 13.3 Å². The van der Waals surface area contributed by atoms with E-state index in [0.717, 1.165) is 53.2 Å². The standard InChI is InChI=1S/C6H17NO3Si.C4H13N3.4C2H4O2.Gd/c1-4-5-11(8-2,9-3)10-6-7;5-1-3-7-4-2-6;4*1-2(3)4;/h4-7H2,1-3H3;7H,1-6H2;4*1H3,(H,3,4);. The molecule has 35 heavy (non-hydrogen) atoms. The Balaban J connectivity index is -0.0000000570. The van der Waals surface area contributed by atoms with Gasteiger partial charge in [-0.25, -0.2) is 0 Å². The summed E-state index contributed by atoms with van der Waals surface area (Å²) in [7, 11) is 0.828. The van der Waals surface area contributed by atoms with Gasteiger partial charge in [-0.2, -0.15) is 0 Å². The summed E-state index contributed by atoms with van der Waals surface area (Å²) in [5.41, 5.74) is 15.6. The van der Waals surface area contributed by atoms with E-state index in [4.69, 9.17) is 70.1 Å². The average Bonchev–Trinajstić information content (AvgIpc) is 2.67. The maximum absolute atomic E-state index is 9.00. The van der Waals surface area contributed by atoms with Gasteiger partial charge < -0.3 is 56.2 Å². The zero-order valence-electron chi connectivity index (χ0n) is 21.7. The molecular weight excluding hydrogens is 634 g/mol. The van der Waals surface area contributed by atoms with Crippen molar-refractivity contribution in [2.24, 2.45) is 17.2 Å². The number of aliphatic carboxylic acids is 4. The number of carboxylic acid groups (broad SMARTS) is 4. The van der Waals surface area contributed by atoms with Crippen LogP contribution < -0.4 is 22.5 Å². The fourth-order valence-corrected chi connectivity index (χ4v) is 3.06. The Morgan fingerprint density at radius 1 is 0.743 bits per heavy atom. The molecule has 0 saturated heterocycles. The van der Waals surface area contributed by atoms with Crippen molar-refractivity contribution in [2.45, 2.75) is 47.1 Å². The molecule has 0 aliphatic heterocycles. The second-order valence-corrected chi connectivity index (χ2v) is 8.53. The van der Waals surface area contributed by atoms with Gasteiger partial charge in [0.25, 0.3) is 23.9 Å². The molecule has 0 rings (SSSR count). The molecule has 0 bridgehead atoms. The molecule has 0 spiro atoms. The Hall–Kier alpha value is -0.858. The predicted octanol–water partition coefficient (Wildman–Crippen LogP) is -0.582. The third-order valence-electron chi connectivity index (χ3n) is 2.12. The number of rotatable bonds is 10. The molecule has 0 radical (unpaired) electrons. The van der Waals surface area contributed by atoms with Gasteiger partial charge in [-0.3, -0.25) is 19.2 Å². The van der Waals surface area contributed by atoms with E-state index >= 15 is 0 Å². The van der Waals surface area contributed by atoms with Crippen LogP contribution in [0.3, 0.4) is 0 Å². The van der Waals surface area contributed by atoms with Crippen LogP contribution in [0.5, 0.6) is 0 Å². The fraction of sp³-hybridized carbons (Fsp3) is 0.778. The van der Waals surface area contributed by atoms with Crippen LogP contribution in [0.2, 0.25) is 6.04 Å². The molecular formula is C18H46GdN4O11Si. The molecule has 0 amide bonds. The first-order valence-electron chi connectivity index (χ1n) is 9.92. The average molecular weight is 680 g/mol. The summed E-state index contributed by atoms with van der Waals surface area (Å²) in [6.07, 6.45) is 0.980. The third kappa shape index (κ3) is 109. The van der Waals surface area contributed by atoms with Crippen LogP contribution in [-0.4, -0.2) is 100 Å². The van der Waals surface area contributed by atoms with E-state index in [1.165, 1.54) is 0 Å². The maximum Gasteiger partial charge on any atom is 0.501 e. The Morgan fingerprint density at radius 2 is 1.00 bits per heavy atom. The van der Waals surface area contributed by atoms with Crippen LogP contribution in [0.15, 0.2) is 0 Å². The molecule has 0 heterocycles. The van der Waals surface area contributed by atoms with Crippen molar-refractivity contribution in [3.05, 3.63) is 0 Å². The molecule has 0 saturated carbocycles. The molecule has 0 aromatic rings. The molecule has 0 aromatic heterocycles. The van der Waals surface area contributed by atoms with Gasteiger partial charge in [-0.05, 0) is 0 Å². The van der Waals surface area contributed by atoms with Gasteiger partial charge >= 0.3 is 8.80 Å². The van der Waals surface area contributed by atoms with Crippen molar-refractivity contribution >= 4 is 32.7 Å². The van der Waals surface area contributed by atoms with Gasteiger partial charge in [0.1, 0.15) is 0 Å². The van der Waals surface area contributed by atoms with Gasteiger partial charge in [-0.15, -0.1) is 0 Å². The molecule has 0 aliphatic carbocycles. The Morgan fingerprint density at radius 3 is 1.14 bits per heavy atom. The van der Waals surface area contributed by atoms with Gasteiger partial charge in [0, 0.05) is 114 Å². The number of nitrogens with two attached hydrogens (primary N) is 3. The summed E-state index contributed by atoms with van der Waals surface area (Å²) in [5, 5.41) is 32.7. The van der Waals surface area contributed by atoms with Crippen LogP contribution in [0, 0.1) is 39.9 Å². The zero-order valence-corrected chi connectivity index (χ0v) is 25.0. The second kappa shape index (κ2) is 43.2. The first kappa shape index (κ1) is 50.9. The van der Waals surface area contributed by atoms with Gasteiger partial charge in [0.2, 0.25) is 0 Å². The SMILES string of the molecule is CC(=O)O.CC(=O)O.CC(=O)O.CC(=O)O.CCC[Si](OC)(OC)OCN.NCCNCCN.[Gd]. The smallest absolute Gasteiger partial charge is 0.481 e. The van der Waals surface area contributed by atoms with Crippen LogP contribution in [0.25, 0.3) is 0 Å². The largest absolute Gasteiger partial charge is 0.501 e. The normalized spacial score (nSPS) is 8.51. The van der Waals surface area contributed by atoms with Crippen molar-refractivity contribution in [2.75, 3.05) is 47.1 Å². The Bertz CT molecular complexity index is 400. The van der Waals surface area contributed by atoms with E-state index in [-0.39, 0.29) is 46.7 Å². The summed E-state index contributed by atoms with van der Waals surface area (Å²) < 4.78 is 15.6. The first-order valence-corrected chi connectivity index (χ1v) is 11.9. The van der Waals surface area contributed by atoms with Crippen LogP contribution in [0.1, 0.15) is 41.0 Å². The minimum Gasteiger partial charge on any atom is -0.481 e. The summed E-state index contributed by atoms with van der Waals surface area (Å²) in [5.74, 6) is -3.33. The molecule has 0 aromatic carbocycles. The summed E-state index contributed by atoms with van der Waals surface area (Å²) in [4.78, 5) is 36.0. The number of carboxylic acids is 4. The molecule has 216 valence electrons. The topological polar surface area (TPSA) is 267 Å². The maximum atomic E-state index is 9.00. The van der Waals surface area contributed by atoms with E-state index < -0.39 is 32.7 Å². The van der Waals surface area contributed by atoms with E-state index in [0.29, 0.717) is 13.1 Å². The molecule has 17 heteroatoms. The molecule has 0 unspecified atom stereocenters. The van der Waals surface area contributed by atoms with Crippen LogP contribution in [0.4, 0.5) is 0 Å².